The van der Waals surface area contributed by atoms with Crippen LogP contribution < -0.4 is 5.32 Å². The average Bonchev–Trinajstić information content (AvgIpc) is 2.45. The fourth-order valence-corrected chi connectivity index (χ4v) is 3.62. The molecule has 19 heavy (non-hydrogen) atoms. The molecule has 1 aliphatic carbocycles. The average molecular weight is 267 g/mol. The van der Waals surface area contributed by atoms with E-state index in [2.05, 4.69) is 36.1 Å². The Labute approximate surface area is 119 Å². The second-order valence-corrected chi connectivity index (χ2v) is 6.82. The van der Waals surface area contributed by atoms with Gasteiger partial charge in [-0.2, -0.15) is 0 Å². The number of rotatable bonds is 5. The molecule has 2 fully saturated rings. The molecule has 0 spiro atoms. The van der Waals surface area contributed by atoms with Crippen molar-refractivity contribution >= 4 is 0 Å². The van der Waals surface area contributed by atoms with Crippen LogP contribution in [0.3, 0.4) is 0 Å². The lowest BCUT2D eigenvalue weighted by molar-refractivity contribution is 0.102. The molecule has 0 bridgehead atoms. The highest BCUT2D eigenvalue weighted by Crippen LogP contribution is 2.18. The SMILES string of the molecule is CC(CNC1CCCCC1)N(C)C1CCCN(C)C1. The second-order valence-electron chi connectivity index (χ2n) is 6.82. The van der Waals surface area contributed by atoms with Crippen LogP contribution in [-0.4, -0.2) is 61.7 Å². The summed E-state index contributed by atoms with van der Waals surface area (Å²) >= 11 is 0. The van der Waals surface area contributed by atoms with Crippen LogP contribution in [0.25, 0.3) is 0 Å². The first kappa shape index (κ1) is 15.3. The Morgan fingerprint density at radius 3 is 2.58 bits per heavy atom. The zero-order valence-corrected chi connectivity index (χ0v) is 13.2. The van der Waals surface area contributed by atoms with Crippen LogP contribution in [0.5, 0.6) is 0 Å². The number of nitrogens with zero attached hydrogens (tertiary/aromatic N) is 2. The highest BCUT2D eigenvalue weighted by atomic mass is 15.2. The number of piperidine rings is 1. The van der Waals surface area contributed by atoms with E-state index >= 15 is 0 Å². The van der Waals surface area contributed by atoms with Crippen molar-refractivity contribution in [1.29, 1.82) is 0 Å². The minimum absolute atomic E-state index is 0.651. The molecule has 0 radical (unpaired) electrons. The van der Waals surface area contributed by atoms with Crippen molar-refractivity contribution < 1.29 is 0 Å². The summed E-state index contributed by atoms with van der Waals surface area (Å²) in [5.41, 5.74) is 0. The molecule has 1 heterocycles. The molecule has 2 aliphatic rings. The summed E-state index contributed by atoms with van der Waals surface area (Å²) < 4.78 is 0. The summed E-state index contributed by atoms with van der Waals surface area (Å²) in [5.74, 6) is 0. The molecule has 0 aromatic rings. The summed E-state index contributed by atoms with van der Waals surface area (Å²) in [7, 11) is 4.57. The maximum Gasteiger partial charge on any atom is 0.0223 e. The minimum atomic E-state index is 0.651. The number of nitrogens with one attached hydrogen (secondary N) is 1. The summed E-state index contributed by atoms with van der Waals surface area (Å²) in [6.45, 7) is 6.05. The molecule has 1 N–H and O–H groups in total. The molecule has 3 nitrogen and oxygen atoms in total. The van der Waals surface area contributed by atoms with Crippen LogP contribution in [-0.2, 0) is 0 Å². The molecule has 0 aromatic carbocycles. The fraction of sp³-hybridized carbons (Fsp3) is 1.00. The molecule has 2 atom stereocenters. The summed E-state index contributed by atoms with van der Waals surface area (Å²) in [6, 6.07) is 2.19. The van der Waals surface area contributed by atoms with Crippen molar-refractivity contribution in [2.75, 3.05) is 33.7 Å². The lowest BCUT2D eigenvalue weighted by Gasteiger charge is -2.39. The Bertz CT molecular complexity index is 250. The van der Waals surface area contributed by atoms with Crippen molar-refractivity contribution in [3.05, 3.63) is 0 Å². The predicted molar refractivity (Wildman–Crippen MR) is 82.6 cm³/mol. The standard InChI is InChI=1S/C16H33N3/c1-14(12-17-15-8-5-4-6-9-15)19(3)16-10-7-11-18(2)13-16/h14-17H,4-13H2,1-3H3. The molecule has 0 amide bonds. The van der Waals surface area contributed by atoms with Gasteiger partial charge < -0.3 is 10.2 Å². The zero-order valence-electron chi connectivity index (χ0n) is 13.2. The van der Waals surface area contributed by atoms with Crippen LogP contribution in [0.15, 0.2) is 0 Å². The number of likely N-dealkylation sites (N-methyl/N-ethyl adjacent to an activating group) is 2. The molecular formula is C16H33N3. The van der Waals surface area contributed by atoms with E-state index in [4.69, 9.17) is 0 Å². The van der Waals surface area contributed by atoms with Gasteiger partial charge in [0.2, 0.25) is 0 Å². The maximum absolute atomic E-state index is 3.80. The van der Waals surface area contributed by atoms with Crippen molar-refractivity contribution in [2.24, 2.45) is 0 Å². The van der Waals surface area contributed by atoms with E-state index in [-0.39, 0.29) is 0 Å². The van der Waals surface area contributed by atoms with Crippen molar-refractivity contribution in [3.8, 4) is 0 Å². The van der Waals surface area contributed by atoms with Crippen LogP contribution in [0.4, 0.5) is 0 Å². The van der Waals surface area contributed by atoms with Gasteiger partial charge in [0, 0.05) is 31.2 Å². The van der Waals surface area contributed by atoms with E-state index in [1.165, 1.54) is 58.0 Å². The molecule has 3 heteroatoms. The van der Waals surface area contributed by atoms with E-state index in [0.717, 1.165) is 18.6 Å². The van der Waals surface area contributed by atoms with E-state index in [1.54, 1.807) is 0 Å². The Morgan fingerprint density at radius 1 is 1.16 bits per heavy atom. The number of hydrogen-bond acceptors (Lipinski definition) is 3. The molecular weight excluding hydrogens is 234 g/mol. The highest BCUT2D eigenvalue weighted by Gasteiger charge is 2.24. The quantitative estimate of drug-likeness (QED) is 0.825. The number of likely N-dealkylation sites (tertiary alicyclic amines) is 1. The van der Waals surface area contributed by atoms with Gasteiger partial charge in [0.05, 0.1) is 0 Å². The van der Waals surface area contributed by atoms with Gasteiger partial charge in [-0.1, -0.05) is 19.3 Å². The van der Waals surface area contributed by atoms with Crippen molar-refractivity contribution in [1.82, 2.24) is 15.1 Å². The third-order valence-corrected chi connectivity index (χ3v) is 5.18. The lowest BCUT2D eigenvalue weighted by atomic mass is 9.95. The maximum atomic E-state index is 3.80. The topological polar surface area (TPSA) is 18.5 Å². The van der Waals surface area contributed by atoms with Gasteiger partial charge >= 0.3 is 0 Å². The Kier molecular flexibility index (Phi) is 6.11. The minimum Gasteiger partial charge on any atom is -0.312 e. The second kappa shape index (κ2) is 7.61. The molecule has 1 saturated heterocycles. The third-order valence-electron chi connectivity index (χ3n) is 5.18. The van der Waals surface area contributed by atoms with E-state index in [9.17, 15) is 0 Å². The van der Waals surface area contributed by atoms with E-state index in [0.29, 0.717) is 6.04 Å². The zero-order chi connectivity index (χ0) is 13.7. The van der Waals surface area contributed by atoms with Gasteiger partial charge in [-0.3, -0.25) is 4.90 Å². The first-order valence-corrected chi connectivity index (χ1v) is 8.30. The Balaban J connectivity index is 1.70. The largest absolute Gasteiger partial charge is 0.312 e. The summed E-state index contributed by atoms with van der Waals surface area (Å²) in [4.78, 5) is 5.08. The molecule has 112 valence electrons. The molecule has 1 saturated carbocycles. The van der Waals surface area contributed by atoms with Crippen molar-refractivity contribution in [2.45, 2.75) is 70.0 Å². The van der Waals surface area contributed by atoms with Crippen LogP contribution in [0.2, 0.25) is 0 Å². The van der Waals surface area contributed by atoms with Gasteiger partial charge in [0.25, 0.3) is 0 Å². The van der Waals surface area contributed by atoms with Crippen LogP contribution >= 0.6 is 0 Å². The predicted octanol–water partition coefficient (Wildman–Crippen LogP) is 2.32. The Morgan fingerprint density at radius 2 is 1.89 bits per heavy atom. The number of hydrogen-bond donors (Lipinski definition) is 1. The van der Waals surface area contributed by atoms with Gasteiger partial charge in [-0.05, 0) is 53.2 Å². The van der Waals surface area contributed by atoms with Crippen LogP contribution in [0, 0.1) is 0 Å². The molecule has 2 rings (SSSR count). The lowest BCUT2D eigenvalue weighted by Crippen LogP contribution is -2.51. The molecule has 1 aliphatic heterocycles. The van der Waals surface area contributed by atoms with E-state index < -0.39 is 0 Å². The van der Waals surface area contributed by atoms with Gasteiger partial charge in [0.1, 0.15) is 0 Å². The summed E-state index contributed by atoms with van der Waals surface area (Å²) in [6.07, 6.45) is 9.81. The fourth-order valence-electron chi connectivity index (χ4n) is 3.62. The summed E-state index contributed by atoms with van der Waals surface area (Å²) in [5, 5.41) is 3.80. The smallest absolute Gasteiger partial charge is 0.0223 e. The van der Waals surface area contributed by atoms with Gasteiger partial charge in [-0.25, -0.2) is 0 Å². The first-order chi connectivity index (χ1) is 9.16. The van der Waals surface area contributed by atoms with Gasteiger partial charge in [0.15, 0.2) is 0 Å². The van der Waals surface area contributed by atoms with E-state index in [1.807, 2.05) is 0 Å². The van der Waals surface area contributed by atoms with Crippen molar-refractivity contribution in [3.63, 3.8) is 0 Å². The molecule has 0 aromatic heterocycles. The van der Waals surface area contributed by atoms with Crippen LogP contribution in [0.1, 0.15) is 51.9 Å². The monoisotopic (exact) mass is 267 g/mol. The molecule has 2 unspecified atom stereocenters. The third kappa shape index (κ3) is 4.73. The van der Waals surface area contributed by atoms with Gasteiger partial charge in [-0.15, -0.1) is 0 Å². The highest BCUT2D eigenvalue weighted by molar-refractivity contribution is 4.82. The first-order valence-electron chi connectivity index (χ1n) is 8.30. The normalized spacial score (nSPS) is 28.7. The Hall–Kier alpha value is -0.120.